The minimum atomic E-state index is 0.0383. The summed E-state index contributed by atoms with van der Waals surface area (Å²) in [6, 6.07) is 8.33. The number of nitrogens with zero attached hydrogens (tertiary/aromatic N) is 2. The van der Waals surface area contributed by atoms with E-state index in [-0.39, 0.29) is 12.1 Å². The van der Waals surface area contributed by atoms with Crippen LogP contribution in [0.15, 0.2) is 24.3 Å². The van der Waals surface area contributed by atoms with Crippen molar-refractivity contribution in [3.63, 3.8) is 0 Å². The first-order chi connectivity index (χ1) is 11.8. The number of ether oxygens (including phenoxy) is 1. The van der Waals surface area contributed by atoms with Crippen LogP contribution in [0.1, 0.15) is 43.2 Å². The second-order valence-corrected chi connectivity index (χ2v) is 7.22. The summed E-state index contributed by atoms with van der Waals surface area (Å²) >= 11 is 1.71. The molecule has 1 aliphatic rings. The number of thiazole rings is 1. The van der Waals surface area contributed by atoms with Gasteiger partial charge in [-0.3, -0.25) is 0 Å². The fraction of sp³-hybridized carbons (Fsp3) is 0.556. The van der Waals surface area contributed by atoms with E-state index in [1.807, 2.05) is 23.1 Å². The van der Waals surface area contributed by atoms with Crippen LogP contribution in [0.5, 0.6) is 0 Å². The molecule has 130 valence electrons. The van der Waals surface area contributed by atoms with Crippen molar-refractivity contribution in [1.29, 1.82) is 0 Å². The van der Waals surface area contributed by atoms with Crippen LogP contribution >= 0.6 is 11.3 Å². The maximum atomic E-state index is 12.6. The SMILES string of the molecule is COCCCCNC(=O)N1CCCCC1c1nc2ccccc2s1. The van der Waals surface area contributed by atoms with E-state index in [2.05, 4.69) is 11.4 Å². The smallest absolute Gasteiger partial charge is 0.317 e. The largest absolute Gasteiger partial charge is 0.385 e. The Morgan fingerprint density at radius 1 is 1.38 bits per heavy atom. The fourth-order valence-electron chi connectivity index (χ4n) is 3.13. The second kappa shape index (κ2) is 8.44. The number of amides is 2. The number of methoxy groups -OCH3 is 1. The van der Waals surface area contributed by atoms with E-state index < -0.39 is 0 Å². The molecule has 2 heterocycles. The van der Waals surface area contributed by atoms with Crippen molar-refractivity contribution >= 4 is 27.6 Å². The molecule has 1 N–H and O–H groups in total. The van der Waals surface area contributed by atoms with Crippen molar-refractivity contribution in [2.24, 2.45) is 0 Å². The van der Waals surface area contributed by atoms with Gasteiger partial charge >= 0.3 is 6.03 Å². The van der Waals surface area contributed by atoms with Crippen LogP contribution in [-0.2, 0) is 4.74 Å². The third kappa shape index (κ3) is 4.05. The van der Waals surface area contributed by atoms with Gasteiger partial charge in [0, 0.05) is 26.8 Å². The maximum Gasteiger partial charge on any atom is 0.317 e. The topological polar surface area (TPSA) is 54.5 Å². The van der Waals surface area contributed by atoms with E-state index in [4.69, 9.17) is 9.72 Å². The Bertz CT molecular complexity index is 640. The summed E-state index contributed by atoms with van der Waals surface area (Å²) in [4.78, 5) is 19.3. The molecule has 0 spiro atoms. The van der Waals surface area contributed by atoms with Crippen LogP contribution in [0.25, 0.3) is 10.2 Å². The van der Waals surface area contributed by atoms with Crippen LogP contribution in [0.2, 0.25) is 0 Å². The molecule has 24 heavy (non-hydrogen) atoms. The highest BCUT2D eigenvalue weighted by atomic mass is 32.1. The van der Waals surface area contributed by atoms with E-state index >= 15 is 0 Å². The molecule has 0 radical (unpaired) electrons. The van der Waals surface area contributed by atoms with Gasteiger partial charge in [0.25, 0.3) is 0 Å². The monoisotopic (exact) mass is 347 g/mol. The van der Waals surface area contributed by atoms with Crippen LogP contribution in [-0.4, -0.2) is 42.7 Å². The first kappa shape index (κ1) is 17.2. The van der Waals surface area contributed by atoms with Crippen molar-refractivity contribution < 1.29 is 9.53 Å². The number of carbonyl (C=O) groups excluding carboxylic acids is 1. The Kier molecular flexibility index (Phi) is 6.04. The lowest BCUT2D eigenvalue weighted by molar-refractivity contribution is 0.150. The Morgan fingerprint density at radius 2 is 2.25 bits per heavy atom. The van der Waals surface area contributed by atoms with E-state index in [1.54, 1.807) is 18.4 Å². The number of benzene rings is 1. The molecule has 1 saturated heterocycles. The van der Waals surface area contributed by atoms with Crippen LogP contribution in [0.4, 0.5) is 4.79 Å². The fourth-order valence-corrected chi connectivity index (χ4v) is 4.25. The minimum Gasteiger partial charge on any atom is -0.385 e. The van der Waals surface area contributed by atoms with Crippen molar-refractivity contribution in [2.45, 2.75) is 38.1 Å². The van der Waals surface area contributed by atoms with Gasteiger partial charge in [-0.25, -0.2) is 9.78 Å². The lowest BCUT2D eigenvalue weighted by Gasteiger charge is -2.34. The molecule has 1 aromatic carbocycles. The highest BCUT2D eigenvalue weighted by Gasteiger charge is 2.30. The minimum absolute atomic E-state index is 0.0383. The normalized spacial score (nSPS) is 18.0. The molecule has 5 nitrogen and oxygen atoms in total. The number of nitrogens with one attached hydrogen (secondary N) is 1. The molecular formula is C18H25N3O2S. The zero-order valence-electron chi connectivity index (χ0n) is 14.2. The standard InChI is InChI=1S/C18H25N3O2S/c1-23-13-7-5-11-19-18(22)21-12-6-4-9-15(21)17-20-14-8-2-3-10-16(14)24-17/h2-3,8,10,15H,4-7,9,11-13H2,1H3,(H,19,22). The molecule has 1 unspecified atom stereocenters. The Labute approximate surface area is 147 Å². The number of hydrogen-bond acceptors (Lipinski definition) is 4. The zero-order chi connectivity index (χ0) is 16.8. The molecule has 0 saturated carbocycles. The van der Waals surface area contributed by atoms with Crippen LogP contribution < -0.4 is 5.32 Å². The second-order valence-electron chi connectivity index (χ2n) is 6.16. The van der Waals surface area contributed by atoms with Gasteiger partial charge in [-0.15, -0.1) is 11.3 Å². The number of rotatable bonds is 6. The highest BCUT2D eigenvalue weighted by Crippen LogP contribution is 2.35. The highest BCUT2D eigenvalue weighted by molar-refractivity contribution is 7.18. The number of urea groups is 1. The molecule has 2 aromatic rings. The summed E-state index contributed by atoms with van der Waals surface area (Å²) in [7, 11) is 1.70. The van der Waals surface area contributed by atoms with Gasteiger partial charge < -0.3 is 15.0 Å². The summed E-state index contributed by atoms with van der Waals surface area (Å²) in [6.07, 6.45) is 5.13. The van der Waals surface area contributed by atoms with Gasteiger partial charge in [0.05, 0.1) is 16.3 Å². The van der Waals surface area contributed by atoms with Gasteiger partial charge in [0.1, 0.15) is 5.01 Å². The summed E-state index contributed by atoms with van der Waals surface area (Å²) in [6.45, 7) is 2.25. The van der Waals surface area contributed by atoms with Gasteiger partial charge in [0.15, 0.2) is 0 Å². The summed E-state index contributed by atoms with van der Waals surface area (Å²) in [5, 5.41) is 4.11. The molecule has 1 aliphatic heterocycles. The van der Waals surface area contributed by atoms with Crippen molar-refractivity contribution in [1.82, 2.24) is 15.2 Å². The predicted octanol–water partition coefficient (Wildman–Crippen LogP) is 3.96. The first-order valence-electron chi connectivity index (χ1n) is 8.68. The van der Waals surface area contributed by atoms with E-state index in [1.165, 1.54) is 4.70 Å². The van der Waals surface area contributed by atoms with Gasteiger partial charge in [-0.05, 0) is 44.2 Å². The number of para-hydroxylation sites is 1. The van der Waals surface area contributed by atoms with E-state index in [0.717, 1.165) is 55.8 Å². The van der Waals surface area contributed by atoms with Crippen molar-refractivity contribution in [3.05, 3.63) is 29.3 Å². The van der Waals surface area contributed by atoms with Crippen LogP contribution in [0.3, 0.4) is 0 Å². The lowest BCUT2D eigenvalue weighted by Crippen LogP contribution is -2.44. The summed E-state index contributed by atoms with van der Waals surface area (Å²) in [5.74, 6) is 0. The van der Waals surface area contributed by atoms with E-state index in [0.29, 0.717) is 6.54 Å². The van der Waals surface area contributed by atoms with Gasteiger partial charge in [-0.1, -0.05) is 12.1 Å². The predicted molar refractivity (Wildman–Crippen MR) is 97.4 cm³/mol. The first-order valence-corrected chi connectivity index (χ1v) is 9.50. The number of fused-ring (bicyclic) bond motifs is 1. The number of hydrogen-bond donors (Lipinski definition) is 1. The molecular weight excluding hydrogens is 322 g/mol. The number of aromatic nitrogens is 1. The third-order valence-corrected chi connectivity index (χ3v) is 5.55. The molecule has 2 amide bonds. The molecule has 1 aromatic heterocycles. The average molecular weight is 347 g/mol. The maximum absolute atomic E-state index is 12.6. The van der Waals surface area contributed by atoms with Gasteiger partial charge in [-0.2, -0.15) is 0 Å². The van der Waals surface area contributed by atoms with Gasteiger partial charge in [0.2, 0.25) is 0 Å². The molecule has 3 rings (SSSR count). The summed E-state index contributed by atoms with van der Waals surface area (Å²) in [5.41, 5.74) is 1.03. The third-order valence-electron chi connectivity index (χ3n) is 4.41. The Hall–Kier alpha value is -1.66. The number of unbranched alkanes of at least 4 members (excludes halogenated alkanes) is 1. The Morgan fingerprint density at radius 3 is 3.08 bits per heavy atom. The molecule has 0 aliphatic carbocycles. The quantitative estimate of drug-likeness (QED) is 0.805. The summed E-state index contributed by atoms with van der Waals surface area (Å²) < 4.78 is 6.23. The average Bonchev–Trinajstić information content (AvgIpc) is 3.05. The Balaban J connectivity index is 1.65. The van der Waals surface area contributed by atoms with Crippen molar-refractivity contribution in [3.8, 4) is 0 Å². The number of likely N-dealkylation sites (tertiary alicyclic amines) is 1. The lowest BCUT2D eigenvalue weighted by atomic mass is 10.0. The molecule has 6 heteroatoms. The van der Waals surface area contributed by atoms with Crippen LogP contribution in [0, 0.1) is 0 Å². The number of carbonyl (C=O) groups is 1. The number of piperidine rings is 1. The molecule has 1 fully saturated rings. The van der Waals surface area contributed by atoms with E-state index in [9.17, 15) is 4.79 Å². The molecule has 0 bridgehead atoms. The molecule has 1 atom stereocenters. The van der Waals surface area contributed by atoms with Crippen molar-refractivity contribution in [2.75, 3.05) is 26.8 Å². The zero-order valence-corrected chi connectivity index (χ0v) is 15.0.